The monoisotopic (exact) mass is 1970 g/mol. The Morgan fingerprint density at radius 3 is 0.522 bits per heavy atom. The van der Waals surface area contributed by atoms with Crippen molar-refractivity contribution in [2.24, 2.45) is 0 Å². The van der Waals surface area contributed by atoms with Crippen LogP contribution in [0.4, 0.5) is 9.59 Å². The summed E-state index contributed by atoms with van der Waals surface area (Å²) in [5.74, 6) is -6.36. The molecule has 0 fully saturated rings. The van der Waals surface area contributed by atoms with Gasteiger partial charge in [-0.15, -0.1) is 0 Å². The number of methoxy groups -OCH3 is 9. The van der Waals surface area contributed by atoms with E-state index in [4.69, 9.17) is 61.6 Å². The van der Waals surface area contributed by atoms with E-state index in [0.29, 0.717) is 157 Å². The van der Waals surface area contributed by atoms with Gasteiger partial charge in [-0.05, 0) is 76.2 Å². The van der Waals surface area contributed by atoms with Crippen molar-refractivity contribution < 1.29 is 200 Å². The van der Waals surface area contributed by atoms with Gasteiger partial charge in [-0.3, -0.25) is 96.5 Å². The highest BCUT2D eigenvalue weighted by Crippen LogP contribution is 2.12. The summed E-state index contributed by atoms with van der Waals surface area (Å²) in [6.07, 6.45) is 1.17. The summed E-state index contributed by atoms with van der Waals surface area (Å²) < 4.78 is 110. The van der Waals surface area contributed by atoms with Crippen molar-refractivity contribution in [3.05, 3.63) is 0 Å². The van der Waals surface area contributed by atoms with Gasteiger partial charge in [-0.25, -0.2) is 24.0 Å². The van der Waals surface area contributed by atoms with Crippen LogP contribution in [0.15, 0.2) is 0 Å². The summed E-state index contributed by atoms with van der Waals surface area (Å²) >= 11 is 0. The second kappa shape index (κ2) is 90.7. The van der Waals surface area contributed by atoms with Crippen LogP contribution in [0, 0.1) is 0 Å². The van der Waals surface area contributed by atoms with Crippen LogP contribution in [0.1, 0.15) is 173 Å². The Morgan fingerprint density at radius 1 is 0.199 bits per heavy atom. The van der Waals surface area contributed by atoms with Crippen molar-refractivity contribution in [3.8, 4) is 0 Å². The largest absolute Gasteiger partial charge is 0.508 e. The molecule has 0 saturated carbocycles. The molecule has 0 aliphatic rings. The van der Waals surface area contributed by atoms with Crippen molar-refractivity contribution >= 4 is 114 Å². The van der Waals surface area contributed by atoms with E-state index in [0.717, 1.165) is 0 Å². The summed E-state index contributed by atoms with van der Waals surface area (Å²) in [6, 6.07) is 0. The summed E-state index contributed by atoms with van der Waals surface area (Å²) in [6.45, 7) is 31.0. The maximum atomic E-state index is 11.5. The molecule has 0 rings (SSSR count). The third kappa shape index (κ3) is 97.7. The Kier molecular flexibility index (Phi) is 90.6. The molecule has 0 bridgehead atoms. The molecule has 0 saturated heterocycles. The molecule has 0 aromatic heterocycles. The van der Waals surface area contributed by atoms with Gasteiger partial charge in [0, 0.05) is 145 Å². The standard InChI is InChI=1S/C17H31NO7.C15H25NO8.2C15H27NO7.C13H23NO7.C13H23NO6/c1-6-22-14(19)8-10-18(11-9-15(20)23-7-2)12-13-24-16(21)25-17(3,4)5;1-4-22-14(19)6-8-16(7-5-13(18)21-3)9-10-23-15(20)11-24-12(2)17;1-15(2,3)23-14(19)22-11-10-16(8-6-12(17)20-4)9-7-13(18)21-5;1-4-21-13(17)6-8-16(9-7-14(18)22-5-2)10-11-23-15(19)12-20-3;1-18-10-13(17)21-9-8-14(6-4-11(15)19-2)7-5-12(16)20-3;1-4-11(15)20-10-9-14(7-5-12(16)18-2)8-6-13(17)19-3/h6-13H2,1-5H3;4-11H2,1-3H3;6-11H2,1-5H3;4-12H2,1-3H3;4-10H2,1-3H3;4-10H2,1-3H3. The molecule has 0 spiro atoms. The van der Waals surface area contributed by atoms with Gasteiger partial charge in [0.1, 0.15) is 64.1 Å². The minimum atomic E-state index is -0.751. The Balaban J connectivity index is -0.000000373. The zero-order chi connectivity index (χ0) is 105. The fourth-order valence-corrected chi connectivity index (χ4v) is 9.74. The number of carbonyl (C=O) groups excluding carboxylic acids is 19. The highest BCUT2D eigenvalue weighted by Gasteiger charge is 2.23. The van der Waals surface area contributed by atoms with E-state index in [1.54, 1.807) is 88.0 Å². The van der Waals surface area contributed by atoms with Crippen molar-refractivity contribution in [1.82, 2.24) is 29.4 Å². The first-order valence-electron chi connectivity index (χ1n) is 44.4. The van der Waals surface area contributed by atoms with Gasteiger partial charge < -0.3 is 109 Å². The molecule has 0 heterocycles. The molecule has 0 radical (unpaired) electrons. The summed E-state index contributed by atoms with van der Waals surface area (Å²) in [5.41, 5.74) is -1.24. The third-order valence-corrected chi connectivity index (χ3v) is 16.6. The van der Waals surface area contributed by atoms with Crippen LogP contribution in [0.5, 0.6) is 0 Å². The SMILES string of the molecule is CCC(=O)OCCN(CCC(=O)OC)CCC(=O)OC.CCOC(=O)CCN(CCOC(=O)COC(C)=O)CCC(=O)OC.CCOC(=O)CCN(CCOC(=O)COC)CCC(=O)OCC.CCOC(=O)CCN(CCOC(=O)OC(C)(C)C)CCC(=O)OCC.COC(=O)CCN(CCOC(=O)OC(C)(C)C)CCC(=O)OC.COCC(=O)OCCN(CCC(=O)OC)CCC(=O)OC. The number of carbonyl (C=O) groups is 19. The van der Waals surface area contributed by atoms with Gasteiger partial charge in [0.25, 0.3) is 0 Å². The fourth-order valence-electron chi connectivity index (χ4n) is 9.74. The molecule has 0 N–H and O–H groups in total. The first-order valence-corrected chi connectivity index (χ1v) is 44.4. The molecular weight excluding hydrogens is 1810 g/mol. The lowest BCUT2D eigenvalue weighted by atomic mass is 10.2. The van der Waals surface area contributed by atoms with Crippen molar-refractivity contribution in [2.75, 3.05) is 274 Å². The van der Waals surface area contributed by atoms with Gasteiger partial charge in [-0.2, -0.15) is 0 Å². The first kappa shape index (κ1) is 136. The second-order valence-electron chi connectivity index (χ2n) is 29.6. The van der Waals surface area contributed by atoms with E-state index in [1.807, 2.05) is 24.5 Å². The number of ether oxygens (including phenoxy) is 23. The normalized spacial score (nSPS) is 10.6. The highest BCUT2D eigenvalue weighted by molar-refractivity contribution is 5.76. The second-order valence-corrected chi connectivity index (χ2v) is 29.6. The highest BCUT2D eigenvalue weighted by atomic mass is 16.7. The van der Waals surface area contributed by atoms with E-state index >= 15 is 0 Å². The number of hydrogen-bond acceptors (Lipinski definition) is 48. The smallest absolute Gasteiger partial charge is 0.469 e. The predicted molar refractivity (Wildman–Crippen MR) is 480 cm³/mol. The average Bonchev–Trinajstić information content (AvgIpc) is 0.933. The molecule has 0 aromatic rings. The lowest BCUT2D eigenvalue weighted by molar-refractivity contribution is -0.157. The fraction of sp³-hybridized carbons (Fsp3) is 0.784. The molecule has 0 aromatic carbocycles. The van der Waals surface area contributed by atoms with Crippen LogP contribution in [-0.4, -0.2) is 429 Å². The lowest BCUT2D eigenvalue weighted by Crippen LogP contribution is -2.34. The van der Waals surface area contributed by atoms with Crippen LogP contribution in [0.25, 0.3) is 0 Å². The minimum Gasteiger partial charge on any atom is -0.469 e. The molecule has 0 amide bonds. The summed E-state index contributed by atoms with van der Waals surface area (Å²) in [5, 5.41) is 0. The van der Waals surface area contributed by atoms with Crippen molar-refractivity contribution in [2.45, 2.75) is 185 Å². The molecule has 0 aliphatic heterocycles. The summed E-state index contributed by atoms with van der Waals surface area (Å²) in [7, 11) is 12.0. The third-order valence-electron chi connectivity index (χ3n) is 16.6. The predicted octanol–water partition coefficient (Wildman–Crippen LogP) is 3.78. The Labute approximate surface area is 799 Å². The Morgan fingerprint density at radius 2 is 0.368 bits per heavy atom. The maximum absolute atomic E-state index is 11.5. The Hall–Kier alpha value is -10.8. The van der Waals surface area contributed by atoms with Gasteiger partial charge in [0.05, 0.1) is 160 Å². The quantitative estimate of drug-likeness (QED) is 0.0617. The molecule has 0 atom stereocenters. The number of rotatable bonds is 66. The average molecular weight is 1970 g/mol. The number of esters is 17. The lowest BCUT2D eigenvalue weighted by Gasteiger charge is -2.22. The number of nitrogens with zero attached hydrogens (tertiary/aromatic N) is 6. The number of hydrogen-bond donors (Lipinski definition) is 0. The van der Waals surface area contributed by atoms with Crippen LogP contribution in [0.2, 0.25) is 0 Å². The Bertz CT molecular complexity index is 3230. The molecule has 48 heteroatoms. The molecule has 790 valence electrons. The van der Waals surface area contributed by atoms with E-state index < -0.39 is 54.0 Å². The zero-order valence-corrected chi connectivity index (χ0v) is 84.1. The van der Waals surface area contributed by atoms with E-state index in [2.05, 4.69) is 47.4 Å². The zero-order valence-electron chi connectivity index (χ0n) is 84.1. The van der Waals surface area contributed by atoms with E-state index in [9.17, 15) is 91.1 Å². The minimum absolute atomic E-state index is 0.0457. The summed E-state index contributed by atoms with van der Waals surface area (Å²) in [4.78, 5) is 225. The maximum Gasteiger partial charge on any atom is 0.508 e. The van der Waals surface area contributed by atoms with Gasteiger partial charge in [-0.1, -0.05) is 6.92 Å². The van der Waals surface area contributed by atoms with Crippen molar-refractivity contribution in [1.29, 1.82) is 0 Å². The van der Waals surface area contributed by atoms with Crippen LogP contribution in [0.3, 0.4) is 0 Å². The van der Waals surface area contributed by atoms with Crippen molar-refractivity contribution in [3.63, 3.8) is 0 Å². The van der Waals surface area contributed by atoms with Gasteiger partial charge >= 0.3 is 114 Å². The topological polar surface area (TPSA) is 556 Å². The molecular formula is C88H156N6O42. The van der Waals surface area contributed by atoms with E-state index in [1.165, 1.54) is 70.9 Å². The van der Waals surface area contributed by atoms with Crippen LogP contribution < -0.4 is 0 Å². The molecule has 136 heavy (non-hydrogen) atoms. The molecule has 0 unspecified atom stereocenters. The molecule has 48 nitrogen and oxygen atoms in total. The van der Waals surface area contributed by atoms with Gasteiger partial charge in [0.2, 0.25) is 0 Å². The first-order chi connectivity index (χ1) is 64.3. The van der Waals surface area contributed by atoms with E-state index in [-0.39, 0.29) is 208 Å². The molecule has 0 aliphatic carbocycles. The van der Waals surface area contributed by atoms with Crippen LogP contribution in [-0.2, 0) is 190 Å². The van der Waals surface area contributed by atoms with Gasteiger partial charge in [0.15, 0.2) is 6.61 Å². The van der Waals surface area contributed by atoms with Crippen LogP contribution >= 0.6 is 0 Å².